The average molecular weight is 312 g/mol. The monoisotopic (exact) mass is 311 g/mol. The maximum absolute atomic E-state index is 13.3. The summed E-state index contributed by atoms with van der Waals surface area (Å²) in [5.41, 5.74) is 0.174. The van der Waals surface area contributed by atoms with Crippen LogP contribution in [0.15, 0.2) is 46.9 Å². The second kappa shape index (κ2) is 5.27. The van der Waals surface area contributed by atoms with Crippen molar-refractivity contribution in [2.45, 2.75) is 0 Å². The van der Waals surface area contributed by atoms with Gasteiger partial charge in [-0.15, -0.1) is 0 Å². The Labute approximate surface area is 111 Å². The lowest BCUT2D eigenvalue weighted by Gasteiger charge is -2.06. The molecule has 0 heterocycles. The molecule has 0 spiro atoms. The van der Waals surface area contributed by atoms with Crippen molar-refractivity contribution in [3.63, 3.8) is 0 Å². The Balaban J connectivity index is 2.25. The lowest BCUT2D eigenvalue weighted by Crippen LogP contribution is -2.13. The number of nitrogens with one attached hydrogen (secondary N) is 1. The number of carbonyl (C=O) groups is 1. The highest BCUT2D eigenvalue weighted by atomic mass is 79.9. The minimum absolute atomic E-state index is 0.0582. The van der Waals surface area contributed by atoms with E-state index in [1.807, 2.05) is 0 Å². The van der Waals surface area contributed by atoms with Crippen molar-refractivity contribution in [1.82, 2.24) is 0 Å². The Bertz CT molecular complexity index is 581. The van der Waals surface area contributed by atoms with Crippen molar-refractivity contribution in [3.05, 3.63) is 64.1 Å². The van der Waals surface area contributed by atoms with Gasteiger partial charge in [-0.05, 0) is 30.3 Å². The Kier molecular flexibility index (Phi) is 3.72. The topological polar surface area (TPSA) is 29.1 Å². The average Bonchev–Trinajstić information content (AvgIpc) is 2.31. The van der Waals surface area contributed by atoms with Crippen LogP contribution in [0.1, 0.15) is 10.4 Å². The molecule has 0 aliphatic rings. The molecule has 0 saturated carbocycles. The van der Waals surface area contributed by atoms with E-state index in [4.69, 9.17) is 0 Å². The molecular weight excluding hydrogens is 304 g/mol. The molecule has 0 aliphatic carbocycles. The van der Waals surface area contributed by atoms with E-state index in [1.165, 1.54) is 30.3 Å². The first-order chi connectivity index (χ1) is 8.56. The molecule has 2 nitrogen and oxygen atoms in total. The van der Waals surface area contributed by atoms with E-state index in [0.717, 1.165) is 6.07 Å². The predicted octanol–water partition coefficient (Wildman–Crippen LogP) is 3.98. The van der Waals surface area contributed by atoms with E-state index in [1.54, 1.807) is 6.07 Å². The highest BCUT2D eigenvalue weighted by Crippen LogP contribution is 2.18. The molecule has 2 aromatic rings. The zero-order chi connectivity index (χ0) is 13.1. The zero-order valence-electron chi connectivity index (χ0n) is 9.08. The van der Waals surface area contributed by atoms with Gasteiger partial charge in [-0.2, -0.15) is 0 Å². The molecule has 0 fully saturated rings. The third-order valence-electron chi connectivity index (χ3n) is 2.25. The fourth-order valence-corrected chi connectivity index (χ4v) is 1.91. The van der Waals surface area contributed by atoms with Gasteiger partial charge in [-0.1, -0.05) is 28.1 Å². The molecule has 5 heteroatoms. The third-order valence-corrected chi connectivity index (χ3v) is 2.70. The number of amides is 1. The number of halogens is 3. The Morgan fingerprint density at radius 1 is 1.11 bits per heavy atom. The van der Waals surface area contributed by atoms with Crippen LogP contribution in [0.2, 0.25) is 0 Å². The summed E-state index contributed by atoms with van der Waals surface area (Å²) in [4.78, 5) is 11.8. The summed E-state index contributed by atoms with van der Waals surface area (Å²) in [6.45, 7) is 0. The van der Waals surface area contributed by atoms with Crippen LogP contribution in [-0.4, -0.2) is 5.91 Å². The smallest absolute Gasteiger partial charge is 0.255 e. The molecule has 0 saturated heterocycles. The third kappa shape index (κ3) is 2.92. The molecule has 0 atom stereocenters. The minimum Gasteiger partial charge on any atom is -0.319 e. The van der Waals surface area contributed by atoms with Crippen LogP contribution < -0.4 is 5.32 Å². The number of carbonyl (C=O) groups excluding carboxylic acids is 1. The predicted molar refractivity (Wildman–Crippen MR) is 68.5 cm³/mol. The molecule has 0 aromatic heterocycles. The summed E-state index contributed by atoms with van der Waals surface area (Å²) in [5.74, 6) is -1.65. The Morgan fingerprint density at radius 3 is 2.50 bits per heavy atom. The van der Waals surface area contributed by atoms with Gasteiger partial charge in [0.1, 0.15) is 11.6 Å². The van der Waals surface area contributed by atoms with Crippen molar-refractivity contribution in [2.24, 2.45) is 0 Å². The summed E-state index contributed by atoms with van der Waals surface area (Å²) in [6.07, 6.45) is 0. The van der Waals surface area contributed by atoms with Crippen molar-refractivity contribution in [2.75, 3.05) is 5.32 Å². The highest BCUT2D eigenvalue weighted by molar-refractivity contribution is 9.10. The van der Waals surface area contributed by atoms with Crippen LogP contribution in [-0.2, 0) is 0 Å². The summed E-state index contributed by atoms with van der Waals surface area (Å²) in [5, 5.41) is 2.38. The number of rotatable bonds is 2. The van der Waals surface area contributed by atoms with Crippen LogP contribution in [0.25, 0.3) is 0 Å². The van der Waals surface area contributed by atoms with Gasteiger partial charge in [0.2, 0.25) is 0 Å². The first kappa shape index (κ1) is 12.7. The lowest BCUT2D eigenvalue weighted by atomic mass is 10.2. The molecular formula is C13H8BrF2NO. The van der Waals surface area contributed by atoms with Crippen molar-refractivity contribution in [3.8, 4) is 0 Å². The van der Waals surface area contributed by atoms with Gasteiger partial charge in [0, 0.05) is 10.0 Å². The molecule has 2 rings (SSSR count). The van der Waals surface area contributed by atoms with Gasteiger partial charge in [-0.3, -0.25) is 4.79 Å². The van der Waals surface area contributed by atoms with Crippen LogP contribution in [0, 0.1) is 11.6 Å². The fourth-order valence-electron chi connectivity index (χ4n) is 1.44. The molecule has 18 heavy (non-hydrogen) atoms. The standard InChI is InChI=1S/C13H8BrF2NO/c14-9-5-8(6-10(15)7-9)13(18)17-12-4-2-1-3-11(12)16/h1-7H,(H,17,18). The molecule has 0 bridgehead atoms. The molecule has 0 aliphatic heterocycles. The fraction of sp³-hybridized carbons (Fsp3) is 0. The number of hydrogen-bond donors (Lipinski definition) is 1. The number of anilines is 1. The van der Waals surface area contributed by atoms with E-state index in [-0.39, 0.29) is 11.3 Å². The first-order valence-electron chi connectivity index (χ1n) is 5.08. The van der Waals surface area contributed by atoms with Crippen LogP contribution in [0.3, 0.4) is 0 Å². The van der Waals surface area contributed by atoms with Gasteiger partial charge >= 0.3 is 0 Å². The van der Waals surface area contributed by atoms with E-state index in [2.05, 4.69) is 21.2 Å². The van der Waals surface area contributed by atoms with Gasteiger partial charge in [-0.25, -0.2) is 8.78 Å². The summed E-state index contributed by atoms with van der Waals surface area (Å²) in [6, 6.07) is 9.56. The quantitative estimate of drug-likeness (QED) is 0.893. The lowest BCUT2D eigenvalue weighted by molar-refractivity contribution is 0.102. The van der Waals surface area contributed by atoms with E-state index in [0.29, 0.717) is 4.47 Å². The van der Waals surface area contributed by atoms with Gasteiger partial charge in [0.25, 0.3) is 5.91 Å². The van der Waals surface area contributed by atoms with Crippen molar-refractivity contribution >= 4 is 27.5 Å². The SMILES string of the molecule is O=C(Nc1ccccc1F)c1cc(F)cc(Br)c1. The first-order valence-corrected chi connectivity index (χ1v) is 5.87. The van der Waals surface area contributed by atoms with Gasteiger partial charge < -0.3 is 5.32 Å². The maximum Gasteiger partial charge on any atom is 0.255 e. The maximum atomic E-state index is 13.3. The minimum atomic E-state index is -0.569. The largest absolute Gasteiger partial charge is 0.319 e. The van der Waals surface area contributed by atoms with Gasteiger partial charge in [0.15, 0.2) is 0 Å². The van der Waals surface area contributed by atoms with E-state index < -0.39 is 17.5 Å². The molecule has 2 aromatic carbocycles. The zero-order valence-corrected chi connectivity index (χ0v) is 10.7. The molecule has 0 radical (unpaired) electrons. The van der Waals surface area contributed by atoms with E-state index >= 15 is 0 Å². The van der Waals surface area contributed by atoms with Crippen LogP contribution in [0.5, 0.6) is 0 Å². The van der Waals surface area contributed by atoms with E-state index in [9.17, 15) is 13.6 Å². The van der Waals surface area contributed by atoms with Crippen LogP contribution >= 0.6 is 15.9 Å². The molecule has 1 amide bonds. The number of hydrogen-bond acceptors (Lipinski definition) is 1. The second-order valence-corrected chi connectivity index (χ2v) is 4.51. The van der Waals surface area contributed by atoms with Crippen LogP contribution in [0.4, 0.5) is 14.5 Å². The number of para-hydroxylation sites is 1. The number of benzene rings is 2. The van der Waals surface area contributed by atoms with Crippen molar-refractivity contribution in [1.29, 1.82) is 0 Å². The van der Waals surface area contributed by atoms with Crippen molar-refractivity contribution < 1.29 is 13.6 Å². The summed E-state index contributed by atoms with van der Waals surface area (Å²) in [7, 11) is 0. The normalized spacial score (nSPS) is 10.2. The second-order valence-electron chi connectivity index (χ2n) is 3.59. The molecule has 0 unspecified atom stereocenters. The van der Waals surface area contributed by atoms with Gasteiger partial charge in [0.05, 0.1) is 5.69 Å². The molecule has 1 N–H and O–H groups in total. The molecule has 92 valence electrons. The summed E-state index contributed by atoms with van der Waals surface area (Å²) >= 11 is 3.09. The highest BCUT2D eigenvalue weighted by Gasteiger charge is 2.10. The summed E-state index contributed by atoms with van der Waals surface area (Å²) < 4.78 is 26.9. The Morgan fingerprint density at radius 2 is 1.83 bits per heavy atom. The Hall–Kier alpha value is -1.75.